The summed E-state index contributed by atoms with van der Waals surface area (Å²) in [4.78, 5) is 33.1. The van der Waals surface area contributed by atoms with E-state index in [1.165, 1.54) is 12.4 Å². The molecule has 0 bridgehead atoms. The summed E-state index contributed by atoms with van der Waals surface area (Å²) in [6, 6.07) is 6.30. The van der Waals surface area contributed by atoms with Crippen molar-refractivity contribution >= 4 is 17.5 Å². The summed E-state index contributed by atoms with van der Waals surface area (Å²) in [5, 5.41) is 21.5. The zero-order chi connectivity index (χ0) is 23.8. The number of benzene rings is 2. The Morgan fingerprint density at radius 3 is 2.42 bits per heavy atom. The Balaban J connectivity index is 1.61. The van der Waals surface area contributed by atoms with Gasteiger partial charge in [-0.3, -0.25) is 14.6 Å². The largest absolute Gasteiger partial charge is 0.481 e. The van der Waals surface area contributed by atoms with Crippen LogP contribution in [0, 0.1) is 18.6 Å². The van der Waals surface area contributed by atoms with E-state index in [4.69, 9.17) is 4.74 Å². The van der Waals surface area contributed by atoms with Crippen molar-refractivity contribution in [3.8, 4) is 17.0 Å². The van der Waals surface area contributed by atoms with E-state index in [-0.39, 0.29) is 23.8 Å². The number of anilines is 1. The SMILES string of the molecule is Cc1cc2c(cc1-c1cnc(NC(=O)c3c(F)cccc3F)cn1)OC(CO)(CO)CC2=O. The molecule has 1 aromatic heterocycles. The lowest BCUT2D eigenvalue weighted by Crippen LogP contribution is -2.48. The van der Waals surface area contributed by atoms with E-state index in [1.807, 2.05) is 0 Å². The molecule has 4 rings (SSSR count). The molecule has 8 nitrogen and oxygen atoms in total. The van der Waals surface area contributed by atoms with Crippen LogP contribution in [0.15, 0.2) is 42.7 Å². The zero-order valence-electron chi connectivity index (χ0n) is 17.4. The number of aryl methyl sites for hydroxylation is 1. The lowest BCUT2D eigenvalue weighted by Gasteiger charge is -2.35. The van der Waals surface area contributed by atoms with Crippen LogP contribution in [0.4, 0.5) is 14.6 Å². The van der Waals surface area contributed by atoms with E-state index < -0.39 is 41.9 Å². The number of amides is 1. The summed E-state index contributed by atoms with van der Waals surface area (Å²) >= 11 is 0. The second kappa shape index (κ2) is 8.64. The van der Waals surface area contributed by atoms with Crippen LogP contribution in [0.1, 0.15) is 32.7 Å². The molecular weight excluding hydrogens is 436 g/mol. The molecule has 2 aromatic carbocycles. The highest BCUT2D eigenvalue weighted by Crippen LogP contribution is 2.37. The van der Waals surface area contributed by atoms with Crippen molar-refractivity contribution in [2.75, 3.05) is 18.5 Å². The number of aliphatic hydroxyl groups is 2. The van der Waals surface area contributed by atoms with Crippen molar-refractivity contribution in [2.24, 2.45) is 0 Å². The fraction of sp³-hybridized carbons (Fsp3) is 0.217. The van der Waals surface area contributed by atoms with Crippen LogP contribution >= 0.6 is 0 Å². The highest BCUT2D eigenvalue weighted by Gasteiger charge is 2.40. The van der Waals surface area contributed by atoms with Gasteiger partial charge in [0.05, 0.1) is 43.3 Å². The second-order valence-corrected chi connectivity index (χ2v) is 7.70. The van der Waals surface area contributed by atoms with E-state index in [2.05, 4.69) is 15.3 Å². The molecule has 0 saturated heterocycles. The van der Waals surface area contributed by atoms with Gasteiger partial charge in [0.15, 0.2) is 17.2 Å². The molecule has 0 aliphatic carbocycles. The summed E-state index contributed by atoms with van der Waals surface area (Å²) in [6.45, 7) is 0.699. The van der Waals surface area contributed by atoms with Gasteiger partial charge in [0.2, 0.25) is 0 Å². The van der Waals surface area contributed by atoms with Crippen LogP contribution in [-0.2, 0) is 0 Å². The van der Waals surface area contributed by atoms with Gasteiger partial charge in [0.25, 0.3) is 5.91 Å². The number of aromatic nitrogens is 2. The van der Waals surface area contributed by atoms with E-state index in [9.17, 15) is 28.6 Å². The second-order valence-electron chi connectivity index (χ2n) is 7.70. The summed E-state index contributed by atoms with van der Waals surface area (Å²) in [5.74, 6) is -3.10. The maximum atomic E-state index is 13.8. The third-order valence-corrected chi connectivity index (χ3v) is 5.37. The van der Waals surface area contributed by atoms with Crippen molar-refractivity contribution < 1.29 is 33.3 Å². The van der Waals surface area contributed by atoms with Crippen LogP contribution in [0.25, 0.3) is 11.3 Å². The number of nitrogens with one attached hydrogen (secondary N) is 1. The number of fused-ring (bicyclic) bond motifs is 1. The molecule has 3 aromatic rings. The molecule has 3 N–H and O–H groups in total. The molecular formula is C23H19F2N3O5. The van der Waals surface area contributed by atoms with Crippen LogP contribution in [0.2, 0.25) is 0 Å². The maximum absolute atomic E-state index is 13.8. The number of aliphatic hydroxyl groups excluding tert-OH is 2. The molecule has 0 radical (unpaired) electrons. The van der Waals surface area contributed by atoms with E-state index in [0.29, 0.717) is 22.4 Å². The number of ether oxygens (including phenoxy) is 1. The molecule has 0 saturated carbocycles. The standard InChI is InChI=1S/C23H19F2N3O5/c1-12-5-14-18(31)7-23(10-29,11-30)33-19(14)6-13(12)17-8-27-20(9-26-17)28-22(32)21-15(24)3-2-4-16(21)25/h2-6,8-9,29-30H,7,10-11H2,1H3,(H,27,28,32). The Morgan fingerprint density at radius 2 is 1.82 bits per heavy atom. The molecule has 170 valence electrons. The predicted octanol–water partition coefficient (Wildman–Crippen LogP) is 2.67. The van der Waals surface area contributed by atoms with Crippen LogP contribution in [0.5, 0.6) is 5.75 Å². The number of hydrogen-bond donors (Lipinski definition) is 3. The van der Waals surface area contributed by atoms with Gasteiger partial charge in [-0.05, 0) is 36.8 Å². The van der Waals surface area contributed by atoms with Crippen molar-refractivity contribution in [2.45, 2.75) is 18.9 Å². The minimum atomic E-state index is -1.40. The molecule has 0 spiro atoms. The lowest BCUT2D eigenvalue weighted by molar-refractivity contribution is -0.0403. The average Bonchev–Trinajstić information content (AvgIpc) is 2.79. The van der Waals surface area contributed by atoms with E-state index >= 15 is 0 Å². The number of nitrogens with zero attached hydrogens (tertiary/aromatic N) is 2. The molecule has 33 heavy (non-hydrogen) atoms. The quantitative estimate of drug-likeness (QED) is 0.541. The Bertz CT molecular complexity index is 1220. The molecule has 1 amide bonds. The summed E-state index contributed by atoms with van der Waals surface area (Å²) < 4.78 is 33.4. The normalized spacial score (nSPS) is 14.4. The molecule has 0 fully saturated rings. The highest BCUT2D eigenvalue weighted by molar-refractivity contribution is 6.04. The van der Waals surface area contributed by atoms with Crippen molar-refractivity contribution in [1.82, 2.24) is 9.97 Å². The minimum Gasteiger partial charge on any atom is -0.481 e. The third kappa shape index (κ3) is 4.18. The van der Waals surface area contributed by atoms with Crippen molar-refractivity contribution in [3.05, 3.63) is 71.1 Å². The van der Waals surface area contributed by atoms with Crippen LogP contribution < -0.4 is 10.1 Å². The Hall–Kier alpha value is -3.76. The van der Waals surface area contributed by atoms with Crippen LogP contribution in [0.3, 0.4) is 0 Å². The van der Waals surface area contributed by atoms with E-state index in [0.717, 1.165) is 18.2 Å². The topological polar surface area (TPSA) is 122 Å². The lowest BCUT2D eigenvalue weighted by atomic mass is 9.89. The number of rotatable bonds is 5. The fourth-order valence-electron chi connectivity index (χ4n) is 3.58. The number of carbonyl (C=O) groups excluding carboxylic acids is 2. The van der Waals surface area contributed by atoms with Gasteiger partial charge in [-0.25, -0.2) is 13.8 Å². The summed E-state index contributed by atoms with van der Waals surface area (Å²) in [7, 11) is 0. The Kier molecular flexibility index (Phi) is 5.88. The molecule has 10 heteroatoms. The number of hydrogen-bond acceptors (Lipinski definition) is 7. The first-order valence-corrected chi connectivity index (χ1v) is 9.93. The summed E-state index contributed by atoms with van der Waals surface area (Å²) in [5.41, 5.74) is -0.155. The third-order valence-electron chi connectivity index (χ3n) is 5.37. The minimum absolute atomic E-state index is 0.0204. The first-order valence-electron chi connectivity index (χ1n) is 9.93. The first-order chi connectivity index (χ1) is 15.8. The van der Waals surface area contributed by atoms with Gasteiger partial charge >= 0.3 is 0 Å². The molecule has 0 unspecified atom stereocenters. The van der Waals surface area contributed by atoms with E-state index in [1.54, 1.807) is 19.1 Å². The maximum Gasteiger partial charge on any atom is 0.262 e. The van der Waals surface area contributed by atoms with Gasteiger partial charge in [-0.15, -0.1) is 0 Å². The predicted molar refractivity (Wildman–Crippen MR) is 113 cm³/mol. The number of carbonyl (C=O) groups is 2. The van der Waals surface area contributed by atoms with Gasteiger partial charge in [-0.1, -0.05) is 6.07 Å². The summed E-state index contributed by atoms with van der Waals surface area (Å²) in [6.07, 6.45) is 2.42. The zero-order valence-corrected chi connectivity index (χ0v) is 17.4. The van der Waals surface area contributed by atoms with Crippen molar-refractivity contribution in [1.29, 1.82) is 0 Å². The highest BCUT2D eigenvalue weighted by atomic mass is 19.1. The number of halogens is 2. The van der Waals surface area contributed by atoms with Gasteiger partial charge in [0.1, 0.15) is 22.9 Å². The molecule has 0 atom stereocenters. The van der Waals surface area contributed by atoms with Crippen LogP contribution in [-0.4, -0.2) is 50.7 Å². The molecule has 1 aliphatic heterocycles. The smallest absolute Gasteiger partial charge is 0.262 e. The molecule has 2 heterocycles. The number of ketones is 1. The fourth-order valence-corrected chi connectivity index (χ4v) is 3.58. The Morgan fingerprint density at radius 1 is 1.12 bits per heavy atom. The monoisotopic (exact) mass is 455 g/mol. The number of Topliss-reactive ketones (excluding diaryl/α,β-unsaturated/α-hetero) is 1. The van der Waals surface area contributed by atoms with Crippen molar-refractivity contribution in [3.63, 3.8) is 0 Å². The Labute approximate surface area is 186 Å². The first kappa shape index (κ1) is 22.4. The van der Waals surface area contributed by atoms with Gasteiger partial charge in [0, 0.05) is 5.56 Å². The van der Waals surface area contributed by atoms with Gasteiger partial charge in [-0.2, -0.15) is 0 Å². The van der Waals surface area contributed by atoms with Gasteiger partial charge < -0.3 is 20.3 Å². The molecule has 1 aliphatic rings. The average molecular weight is 455 g/mol.